The van der Waals surface area contributed by atoms with E-state index in [-0.39, 0.29) is 18.7 Å². The number of hydrogen-bond acceptors (Lipinski definition) is 3. The van der Waals surface area contributed by atoms with Gasteiger partial charge >= 0.3 is 5.97 Å². The van der Waals surface area contributed by atoms with E-state index >= 15 is 0 Å². The Kier molecular flexibility index (Phi) is 8.18. The summed E-state index contributed by atoms with van der Waals surface area (Å²) in [6, 6.07) is 0. The van der Waals surface area contributed by atoms with E-state index in [2.05, 4.69) is 0 Å². The van der Waals surface area contributed by atoms with Crippen LogP contribution in [0, 0.1) is 5.92 Å². The number of carbonyl (C=O) groups is 1. The van der Waals surface area contributed by atoms with Crippen molar-refractivity contribution >= 4 is 16.0 Å². The zero-order valence-corrected chi connectivity index (χ0v) is 12.4. The highest BCUT2D eigenvalue weighted by Crippen LogP contribution is 2.10. The summed E-state index contributed by atoms with van der Waals surface area (Å²) in [5, 5.41) is 8.66. The lowest BCUT2D eigenvalue weighted by atomic mass is 10.1. The Morgan fingerprint density at radius 3 is 2.33 bits per heavy atom. The van der Waals surface area contributed by atoms with Crippen molar-refractivity contribution in [3.8, 4) is 0 Å². The van der Waals surface area contributed by atoms with Crippen LogP contribution in [-0.4, -0.2) is 42.6 Å². The lowest BCUT2D eigenvalue weighted by molar-refractivity contribution is -0.137. The summed E-state index contributed by atoms with van der Waals surface area (Å²) in [4.78, 5) is 10.6. The molecule has 1 N–H and O–H groups in total. The van der Waals surface area contributed by atoms with Crippen LogP contribution in [0.25, 0.3) is 0 Å². The molecule has 0 unspecified atom stereocenters. The molecule has 0 fully saturated rings. The molecule has 5 nitrogen and oxygen atoms in total. The number of carboxylic acid groups (broad SMARTS) is 1. The van der Waals surface area contributed by atoms with Crippen molar-refractivity contribution in [3.63, 3.8) is 0 Å². The van der Waals surface area contributed by atoms with Gasteiger partial charge in [-0.3, -0.25) is 4.79 Å². The summed E-state index contributed by atoms with van der Waals surface area (Å²) in [7, 11) is -3.31. The van der Waals surface area contributed by atoms with Crippen molar-refractivity contribution in [2.45, 2.75) is 46.5 Å². The van der Waals surface area contributed by atoms with Gasteiger partial charge in [0.15, 0.2) is 0 Å². The van der Waals surface area contributed by atoms with Gasteiger partial charge in [0.05, 0.1) is 12.2 Å². The largest absolute Gasteiger partial charge is 0.481 e. The Bertz CT molecular complexity index is 338. The molecule has 18 heavy (non-hydrogen) atoms. The molecule has 0 radical (unpaired) electrons. The van der Waals surface area contributed by atoms with Gasteiger partial charge in [-0.2, -0.15) is 0 Å². The number of aliphatic carboxylic acids is 1. The molecule has 0 aliphatic carbocycles. The van der Waals surface area contributed by atoms with Crippen molar-refractivity contribution in [2.75, 3.05) is 18.8 Å². The van der Waals surface area contributed by atoms with Gasteiger partial charge in [-0.05, 0) is 18.8 Å². The van der Waals surface area contributed by atoms with Gasteiger partial charge in [0, 0.05) is 13.1 Å². The predicted octanol–water partition coefficient (Wildman–Crippen LogP) is 1.94. The lowest BCUT2D eigenvalue weighted by Gasteiger charge is -2.22. The second-order valence-electron chi connectivity index (χ2n) is 4.89. The molecule has 0 rings (SSSR count). The summed E-state index contributed by atoms with van der Waals surface area (Å²) < 4.78 is 25.4. The van der Waals surface area contributed by atoms with Gasteiger partial charge in [0.25, 0.3) is 0 Å². The van der Waals surface area contributed by atoms with E-state index in [4.69, 9.17) is 5.11 Å². The molecule has 0 aromatic heterocycles. The fraction of sp³-hybridized carbons (Fsp3) is 0.917. The van der Waals surface area contributed by atoms with E-state index in [9.17, 15) is 13.2 Å². The number of unbranched alkanes of at least 4 members (excludes halogenated alkanes) is 1. The molecule has 0 spiro atoms. The monoisotopic (exact) mass is 279 g/mol. The van der Waals surface area contributed by atoms with Gasteiger partial charge in [-0.15, -0.1) is 0 Å². The smallest absolute Gasteiger partial charge is 0.304 e. The SMILES string of the molecule is CCCCS(=O)(=O)N(CCC(=O)O)CCC(C)C. The second kappa shape index (κ2) is 8.48. The molecular weight excluding hydrogens is 254 g/mol. The average Bonchev–Trinajstić information content (AvgIpc) is 2.25. The second-order valence-corrected chi connectivity index (χ2v) is 6.98. The van der Waals surface area contributed by atoms with Crippen molar-refractivity contribution in [3.05, 3.63) is 0 Å². The van der Waals surface area contributed by atoms with Crippen molar-refractivity contribution < 1.29 is 18.3 Å². The first-order valence-corrected chi connectivity index (χ1v) is 8.10. The van der Waals surface area contributed by atoms with Crippen LogP contribution in [0.4, 0.5) is 0 Å². The zero-order valence-electron chi connectivity index (χ0n) is 11.6. The van der Waals surface area contributed by atoms with Crippen LogP contribution in [0.3, 0.4) is 0 Å². The number of carboxylic acids is 1. The third-order valence-electron chi connectivity index (χ3n) is 2.68. The van der Waals surface area contributed by atoms with Crippen LogP contribution < -0.4 is 0 Å². The van der Waals surface area contributed by atoms with E-state index in [1.807, 2.05) is 20.8 Å². The molecular formula is C12H25NO4S. The molecule has 0 aromatic carbocycles. The van der Waals surface area contributed by atoms with Gasteiger partial charge in [0.1, 0.15) is 0 Å². The molecule has 108 valence electrons. The maximum Gasteiger partial charge on any atom is 0.304 e. The zero-order chi connectivity index (χ0) is 14.2. The third kappa shape index (κ3) is 7.66. The van der Waals surface area contributed by atoms with Gasteiger partial charge in [-0.1, -0.05) is 27.2 Å². The Labute approximate surface area is 110 Å². The van der Waals surface area contributed by atoms with Crippen molar-refractivity contribution in [1.82, 2.24) is 4.31 Å². The minimum Gasteiger partial charge on any atom is -0.481 e. The summed E-state index contributed by atoms with van der Waals surface area (Å²) in [6.45, 7) is 6.47. The molecule has 0 atom stereocenters. The first-order chi connectivity index (χ1) is 8.29. The fourth-order valence-electron chi connectivity index (χ4n) is 1.47. The first kappa shape index (κ1) is 17.4. The number of nitrogens with zero attached hydrogens (tertiary/aromatic N) is 1. The summed E-state index contributed by atoms with van der Waals surface area (Å²) >= 11 is 0. The van der Waals surface area contributed by atoms with E-state index < -0.39 is 16.0 Å². The average molecular weight is 279 g/mol. The fourth-order valence-corrected chi connectivity index (χ4v) is 3.13. The standard InChI is InChI=1S/C12H25NO4S/c1-4-5-10-18(16,17)13(8-6-11(2)3)9-7-12(14)15/h11H,4-10H2,1-3H3,(H,14,15). The topological polar surface area (TPSA) is 74.7 Å². The van der Waals surface area contributed by atoms with E-state index in [1.54, 1.807) is 0 Å². The Morgan fingerprint density at radius 1 is 1.28 bits per heavy atom. The Hall–Kier alpha value is -0.620. The molecule has 0 bridgehead atoms. The number of hydrogen-bond donors (Lipinski definition) is 1. The highest BCUT2D eigenvalue weighted by Gasteiger charge is 2.21. The molecule has 0 saturated heterocycles. The van der Waals surface area contributed by atoms with Crippen LogP contribution in [-0.2, 0) is 14.8 Å². The molecule has 0 aliphatic rings. The lowest BCUT2D eigenvalue weighted by Crippen LogP contribution is -2.36. The number of sulfonamides is 1. The Balaban J connectivity index is 4.56. The van der Waals surface area contributed by atoms with Crippen molar-refractivity contribution in [2.24, 2.45) is 5.92 Å². The van der Waals surface area contributed by atoms with Crippen LogP contribution >= 0.6 is 0 Å². The molecule has 0 saturated carbocycles. The molecule has 0 heterocycles. The van der Waals surface area contributed by atoms with Crippen LogP contribution in [0.1, 0.15) is 46.5 Å². The van der Waals surface area contributed by atoms with Gasteiger partial charge in [0.2, 0.25) is 10.0 Å². The predicted molar refractivity (Wildman–Crippen MR) is 72.0 cm³/mol. The maximum atomic E-state index is 12.0. The summed E-state index contributed by atoms with van der Waals surface area (Å²) in [6.07, 6.45) is 2.05. The molecule has 6 heteroatoms. The highest BCUT2D eigenvalue weighted by atomic mass is 32.2. The van der Waals surface area contributed by atoms with E-state index in [1.165, 1.54) is 4.31 Å². The van der Waals surface area contributed by atoms with Crippen LogP contribution in [0.5, 0.6) is 0 Å². The molecule has 0 aliphatic heterocycles. The molecule has 0 aromatic rings. The summed E-state index contributed by atoms with van der Waals surface area (Å²) in [5.41, 5.74) is 0. The maximum absolute atomic E-state index is 12.0. The van der Waals surface area contributed by atoms with Gasteiger partial charge < -0.3 is 5.11 Å². The normalized spacial score (nSPS) is 12.3. The van der Waals surface area contributed by atoms with E-state index in [0.717, 1.165) is 12.8 Å². The van der Waals surface area contributed by atoms with Crippen molar-refractivity contribution in [1.29, 1.82) is 0 Å². The quantitative estimate of drug-likeness (QED) is 0.663. The highest BCUT2D eigenvalue weighted by molar-refractivity contribution is 7.89. The minimum atomic E-state index is -3.31. The van der Waals surface area contributed by atoms with Crippen LogP contribution in [0.15, 0.2) is 0 Å². The van der Waals surface area contributed by atoms with Crippen LogP contribution in [0.2, 0.25) is 0 Å². The number of rotatable bonds is 10. The Morgan fingerprint density at radius 2 is 1.89 bits per heavy atom. The molecule has 0 amide bonds. The summed E-state index contributed by atoms with van der Waals surface area (Å²) in [5.74, 6) is -0.449. The van der Waals surface area contributed by atoms with Gasteiger partial charge in [-0.25, -0.2) is 12.7 Å². The third-order valence-corrected chi connectivity index (χ3v) is 4.64. The first-order valence-electron chi connectivity index (χ1n) is 6.49. The minimum absolute atomic E-state index is 0.0775. The van der Waals surface area contributed by atoms with E-state index in [0.29, 0.717) is 18.9 Å².